The molecule has 2 aromatic rings. The second-order valence-corrected chi connectivity index (χ2v) is 9.61. The zero-order valence-corrected chi connectivity index (χ0v) is 19.8. The van der Waals surface area contributed by atoms with E-state index in [0.29, 0.717) is 24.2 Å². The molecule has 1 aliphatic heterocycles. The van der Waals surface area contributed by atoms with Gasteiger partial charge in [-0.15, -0.1) is 0 Å². The van der Waals surface area contributed by atoms with Crippen LogP contribution < -0.4 is 10.9 Å². The van der Waals surface area contributed by atoms with E-state index in [-0.39, 0.29) is 30.2 Å². The minimum absolute atomic E-state index is 0.0861. The number of benzene rings is 1. The highest BCUT2D eigenvalue weighted by Gasteiger charge is 2.25. The lowest BCUT2D eigenvalue weighted by Crippen LogP contribution is -2.40. The number of hydrogen-bond donors (Lipinski definition) is 2. The fourth-order valence-electron chi connectivity index (χ4n) is 3.46. The van der Waals surface area contributed by atoms with Crippen molar-refractivity contribution in [3.63, 3.8) is 0 Å². The topological polar surface area (TPSA) is 135 Å². The summed E-state index contributed by atoms with van der Waals surface area (Å²) < 4.78 is 34.8. The maximum absolute atomic E-state index is 12.5. The zero-order chi connectivity index (χ0) is 24.7. The van der Waals surface area contributed by atoms with Crippen molar-refractivity contribution in [1.29, 1.82) is 0 Å². The number of carbonyl (C=O) groups is 2. The van der Waals surface area contributed by atoms with Crippen molar-refractivity contribution >= 4 is 21.8 Å². The molecule has 1 aliphatic rings. The van der Waals surface area contributed by atoms with Gasteiger partial charge in [0.15, 0.2) is 9.84 Å². The van der Waals surface area contributed by atoms with E-state index in [1.54, 1.807) is 25.1 Å². The Morgan fingerprint density at radius 1 is 1.26 bits per heavy atom. The predicted molar refractivity (Wildman–Crippen MR) is 124 cm³/mol. The Hall–Kier alpha value is -3.44. The van der Waals surface area contributed by atoms with E-state index in [9.17, 15) is 22.8 Å². The van der Waals surface area contributed by atoms with E-state index in [2.05, 4.69) is 10.3 Å². The fraction of sp³-hybridized carbons (Fsp3) is 0.348. The van der Waals surface area contributed by atoms with E-state index in [4.69, 9.17) is 9.47 Å². The number of sulfone groups is 1. The van der Waals surface area contributed by atoms with Gasteiger partial charge < -0.3 is 24.7 Å². The molecule has 182 valence electrons. The van der Waals surface area contributed by atoms with Gasteiger partial charge in [0.1, 0.15) is 11.7 Å². The first-order chi connectivity index (χ1) is 16.2. The number of pyridine rings is 1. The van der Waals surface area contributed by atoms with Crippen LogP contribution in [0.4, 0.5) is 4.79 Å². The molecule has 0 saturated heterocycles. The summed E-state index contributed by atoms with van der Waals surface area (Å²) in [5.41, 5.74) is 0.613. The normalized spacial score (nSPS) is 14.5. The van der Waals surface area contributed by atoms with E-state index >= 15 is 0 Å². The summed E-state index contributed by atoms with van der Waals surface area (Å²) >= 11 is 0. The lowest BCUT2D eigenvalue weighted by Gasteiger charge is -2.29. The summed E-state index contributed by atoms with van der Waals surface area (Å²) in [6.07, 6.45) is 0.804. The second-order valence-electron chi connectivity index (χ2n) is 7.78. The summed E-state index contributed by atoms with van der Waals surface area (Å²) in [5, 5.41) is 3.52. The van der Waals surface area contributed by atoms with Crippen molar-refractivity contribution in [2.75, 3.05) is 26.8 Å². The summed E-state index contributed by atoms with van der Waals surface area (Å²) in [6.45, 7) is 2.46. The molecule has 3 rings (SSSR count). The van der Waals surface area contributed by atoms with Gasteiger partial charge in [-0.3, -0.25) is 9.59 Å². The van der Waals surface area contributed by atoms with Crippen LogP contribution in [0.15, 0.2) is 57.6 Å². The number of amides is 2. The number of H-pyrrole nitrogens is 1. The van der Waals surface area contributed by atoms with E-state index in [1.807, 2.05) is 0 Å². The molecular formula is C23H27N3O7S. The van der Waals surface area contributed by atoms with Gasteiger partial charge in [0.2, 0.25) is 0 Å². The number of nitrogens with zero attached hydrogens (tertiary/aromatic N) is 1. The molecule has 2 amide bonds. The fourth-order valence-corrected chi connectivity index (χ4v) is 4.50. The molecule has 0 spiro atoms. The lowest BCUT2D eigenvalue weighted by atomic mass is 10.0. The van der Waals surface area contributed by atoms with Gasteiger partial charge in [-0.2, -0.15) is 0 Å². The monoisotopic (exact) mass is 489 g/mol. The van der Waals surface area contributed by atoms with Gasteiger partial charge in [0.25, 0.3) is 11.5 Å². The Bertz CT molecular complexity index is 1220. The standard InChI is InChI=1S/C23H27N3O7S/c1-16(15-32-2)33-23(29)26-11-9-20-17(14-26)13-19(22(28)25-20)21(27)24-10-6-12-34(30,31)18-7-4-3-5-8-18/h3-8,12-13,16H,9-11,14-15H2,1-2H3,(H,24,27)(H,25,28)/b12-6+. The molecule has 0 fully saturated rings. The van der Waals surface area contributed by atoms with Crippen LogP contribution >= 0.6 is 0 Å². The highest BCUT2D eigenvalue weighted by molar-refractivity contribution is 7.94. The van der Waals surface area contributed by atoms with Gasteiger partial charge in [-0.1, -0.05) is 24.3 Å². The second kappa shape index (κ2) is 11.1. The van der Waals surface area contributed by atoms with Gasteiger partial charge in [0, 0.05) is 37.7 Å². The van der Waals surface area contributed by atoms with Gasteiger partial charge in [0.05, 0.1) is 18.0 Å². The number of fused-ring (bicyclic) bond motifs is 1. The summed E-state index contributed by atoms with van der Waals surface area (Å²) in [6, 6.07) is 9.34. The molecule has 1 aromatic carbocycles. The SMILES string of the molecule is COCC(C)OC(=O)N1CCc2[nH]c(=O)c(C(=O)NC/C=C/S(=O)(=O)c3ccccc3)cc2C1. The van der Waals surface area contributed by atoms with E-state index in [0.717, 1.165) is 5.41 Å². The third-order valence-electron chi connectivity index (χ3n) is 5.14. The number of nitrogens with one attached hydrogen (secondary N) is 2. The minimum atomic E-state index is -3.63. The van der Waals surface area contributed by atoms with Crippen LogP contribution in [0.5, 0.6) is 0 Å². The number of aromatic amines is 1. The van der Waals surface area contributed by atoms with Crippen LogP contribution in [0.3, 0.4) is 0 Å². The molecule has 0 radical (unpaired) electrons. The van der Waals surface area contributed by atoms with Crippen LogP contribution in [0.1, 0.15) is 28.5 Å². The Kier molecular flexibility index (Phi) is 8.24. The average Bonchev–Trinajstić information content (AvgIpc) is 2.81. The van der Waals surface area contributed by atoms with Crippen molar-refractivity contribution in [3.8, 4) is 0 Å². The quantitative estimate of drug-likeness (QED) is 0.575. The maximum atomic E-state index is 12.5. The van der Waals surface area contributed by atoms with E-state index < -0.39 is 33.5 Å². The molecule has 34 heavy (non-hydrogen) atoms. The maximum Gasteiger partial charge on any atom is 0.410 e. The molecule has 1 aromatic heterocycles. The third kappa shape index (κ3) is 6.33. The third-order valence-corrected chi connectivity index (χ3v) is 6.62. The lowest BCUT2D eigenvalue weighted by molar-refractivity contribution is 0.0263. The Balaban J connectivity index is 1.64. The van der Waals surface area contributed by atoms with E-state index in [1.165, 1.54) is 36.3 Å². The van der Waals surface area contributed by atoms with Gasteiger partial charge in [-0.05, 0) is 30.7 Å². The van der Waals surface area contributed by atoms with Gasteiger partial charge >= 0.3 is 6.09 Å². The first kappa shape index (κ1) is 25.2. The van der Waals surface area contributed by atoms with Crippen molar-refractivity contribution in [2.24, 2.45) is 0 Å². The summed E-state index contributed by atoms with van der Waals surface area (Å²) in [7, 11) is -2.11. The van der Waals surface area contributed by atoms with Crippen LogP contribution in [0.25, 0.3) is 0 Å². The van der Waals surface area contributed by atoms with Crippen molar-refractivity contribution in [2.45, 2.75) is 30.9 Å². The first-order valence-corrected chi connectivity index (χ1v) is 12.2. The number of ether oxygens (including phenoxy) is 2. The molecule has 2 heterocycles. The molecule has 0 aliphatic carbocycles. The number of hydrogen-bond acceptors (Lipinski definition) is 7. The molecular weight excluding hydrogens is 462 g/mol. The molecule has 1 unspecified atom stereocenters. The Morgan fingerprint density at radius 2 is 2.00 bits per heavy atom. The number of methoxy groups -OCH3 is 1. The van der Waals surface area contributed by atoms with Crippen LogP contribution in [-0.2, 0) is 32.3 Å². The Labute approximate surface area is 197 Å². The average molecular weight is 490 g/mol. The number of carbonyl (C=O) groups excluding carboxylic acids is 2. The largest absolute Gasteiger partial charge is 0.444 e. The molecule has 10 nitrogen and oxygen atoms in total. The van der Waals surface area contributed by atoms with Crippen LogP contribution in [0.2, 0.25) is 0 Å². The Morgan fingerprint density at radius 3 is 2.71 bits per heavy atom. The molecule has 1 atom stereocenters. The highest BCUT2D eigenvalue weighted by Crippen LogP contribution is 2.18. The number of aromatic nitrogens is 1. The van der Waals surface area contributed by atoms with Gasteiger partial charge in [-0.25, -0.2) is 13.2 Å². The van der Waals surface area contributed by atoms with Crippen molar-refractivity contribution in [1.82, 2.24) is 15.2 Å². The molecule has 2 N–H and O–H groups in total. The van der Waals surface area contributed by atoms with Crippen LogP contribution in [-0.4, -0.2) is 63.2 Å². The summed E-state index contributed by atoms with van der Waals surface area (Å²) in [4.78, 5) is 41.7. The molecule has 0 bridgehead atoms. The number of rotatable bonds is 8. The smallest absolute Gasteiger partial charge is 0.410 e. The zero-order valence-electron chi connectivity index (χ0n) is 18.9. The van der Waals surface area contributed by atoms with Crippen LogP contribution in [0, 0.1) is 0 Å². The predicted octanol–water partition coefficient (Wildman–Crippen LogP) is 1.62. The van der Waals surface area contributed by atoms with Crippen molar-refractivity contribution < 1.29 is 27.5 Å². The molecule has 0 saturated carbocycles. The molecule has 11 heteroatoms. The van der Waals surface area contributed by atoms with Crippen molar-refractivity contribution in [3.05, 3.63) is 75.1 Å². The first-order valence-electron chi connectivity index (χ1n) is 10.7. The minimum Gasteiger partial charge on any atom is -0.444 e. The highest BCUT2D eigenvalue weighted by atomic mass is 32.2. The summed E-state index contributed by atoms with van der Waals surface area (Å²) in [5.74, 6) is -0.653.